The molecule has 1 N–H and O–H groups in total. The number of nitrogens with zero attached hydrogens (tertiary/aromatic N) is 1. The van der Waals surface area contributed by atoms with Gasteiger partial charge in [0, 0.05) is 19.4 Å². The summed E-state index contributed by atoms with van der Waals surface area (Å²) < 4.78 is 33.6. The average molecular weight is 854 g/mol. The molecule has 0 aromatic rings. The number of hydrogen-bond donors (Lipinski definition) is 1. The van der Waals surface area contributed by atoms with Crippen molar-refractivity contribution in [2.45, 2.75) is 225 Å². The van der Waals surface area contributed by atoms with Crippen LogP contribution in [0.3, 0.4) is 0 Å². The minimum absolute atomic E-state index is 0.00560. The van der Waals surface area contributed by atoms with Gasteiger partial charge in [0.25, 0.3) is 0 Å². The molecule has 0 aromatic heterocycles. The van der Waals surface area contributed by atoms with Crippen molar-refractivity contribution < 1.29 is 37.6 Å². The summed E-state index contributed by atoms with van der Waals surface area (Å²) in [6.07, 6.45) is 49.0. The zero-order valence-corrected chi connectivity index (χ0v) is 39.6. The molecule has 0 radical (unpaired) electrons. The van der Waals surface area contributed by atoms with E-state index in [1.54, 1.807) is 0 Å². The highest BCUT2D eigenvalue weighted by Gasteiger charge is 2.26. The van der Waals surface area contributed by atoms with E-state index in [1.165, 1.54) is 135 Å². The van der Waals surface area contributed by atoms with Gasteiger partial charge in [-0.1, -0.05) is 172 Å². The van der Waals surface area contributed by atoms with Gasteiger partial charge in [0.15, 0.2) is 6.10 Å². The summed E-state index contributed by atoms with van der Waals surface area (Å²) >= 11 is 0. The van der Waals surface area contributed by atoms with Gasteiger partial charge in [-0.2, -0.15) is 0 Å². The molecular formula is C49H92NO8P. The topological polar surface area (TPSA) is 112 Å². The molecule has 0 spiro atoms. The van der Waals surface area contributed by atoms with Crippen LogP contribution in [0.2, 0.25) is 0 Å². The van der Waals surface area contributed by atoms with Gasteiger partial charge in [-0.05, 0) is 84.7 Å². The van der Waals surface area contributed by atoms with Crippen molar-refractivity contribution in [3.05, 3.63) is 36.5 Å². The fraction of sp³-hybridized carbons (Fsp3) is 0.837. The lowest BCUT2D eigenvalue weighted by Gasteiger charge is -2.20. The van der Waals surface area contributed by atoms with E-state index in [9.17, 15) is 19.0 Å². The van der Waals surface area contributed by atoms with Gasteiger partial charge in [-0.3, -0.25) is 18.6 Å². The molecule has 0 rings (SSSR count). The van der Waals surface area contributed by atoms with Gasteiger partial charge in [0.1, 0.15) is 6.61 Å². The lowest BCUT2D eigenvalue weighted by Crippen LogP contribution is -2.29. The molecule has 0 heterocycles. The normalized spacial score (nSPS) is 13.6. The second kappa shape index (κ2) is 44.3. The molecule has 0 aliphatic heterocycles. The lowest BCUT2D eigenvalue weighted by atomic mass is 10.1. The first-order valence-electron chi connectivity index (χ1n) is 24.3. The number of carbonyl (C=O) groups excluding carboxylic acids is 2. The third-order valence-electron chi connectivity index (χ3n) is 10.4. The molecule has 0 saturated carbocycles. The minimum atomic E-state index is -4.37. The molecule has 0 bridgehead atoms. The summed E-state index contributed by atoms with van der Waals surface area (Å²) in [5.74, 6) is -0.808. The van der Waals surface area contributed by atoms with Crippen molar-refractivity contribution >= 4 is 19.8 Å². The van der Waals surface area contributed by atoms with Gasteiger partial charge in [0.2, 0.25) is 0 Å². The highest BCUT2D eigenvalue weighted by atomic mass is 31.2. The molecule has 0 aliphatic rings. The Labute approximate surface area is 363 Å². The number of esters is 2. The zero-order valence-electron chi connectivity index (χ0n) is 38.7. The number of unbranched alkanes of at least 4 members (excludes halogenated alkanes) is 25. The molecule has 2 atom stereocenters. The summed E-state index contributed by atoms with van der Waals surface area (Å²) in [6, 6.07) is 0. The SMILES string of the molecule is CCCCC/C=C\C/C=C\CCCCCCCCCC(=O)OC(COC(=O)CCCCCCCCCCC/C=C\CCCCCCCC)COP(=O)(O)OCCN(C)C. The van der Waals surface area contributed by atoms with Gasteiger partial charge >= 0.3 is 19.8 Å². The molecule has 0 amide bonds. The number of carbonyl (C=O) groups is 2. The molecule has 0 aliphatic carbocycles. The Hall–Kier alpha value is -1.77. The number of likely N-dealkylation sites (N-methyl/N-ethyl adjacent to an activating group) is 1. The Morgan fingerprint density at radius 3 is 1.39 bits per heavy atom. The Balaban J connectivity index is 4.22. The third-order valence-corrected chi connectivity index (χ3v) is 11.4. The number of phosphoric ester groups is 1. The standard InChI is InChI=1S/C49H92NO8P/c1-5-7-9-11-13-15-17-19-21-23-24-26-27-29-31-33-35-37-39-41-48(51)55-45-47(46-57-59(53,54)56-44-43-50(3)4)58-49(52)42-40-38-36-34-32-30-28-25-22-20-18-16-14-12-10-8-6-2/h14,16,19-22,47H,5-13,15,17-18,23-46H2,1-4H3,(H,53,54)/b16-14-,21-19-,22-20-. The smallest absolute Gasteiger partial charge is 0.462 e. The molecule has 2 unspecified atom stereocenters. The van der Waals surface area contributed by atoms with E-state index in [2.05, 4.69) is 50.3 Å². The minimum Gasteiger partial charge on any atom is -0.462 e. The van der Waals surface area contributed by atoms with Crippen molar-refractivity contribution in [3.8, 4) is 0 Å². The summed E-state index contributed by atoms with van der Waals surface area (Å²) in [5, 5.41) is 0. The van der Waals surface area contributed by atoms with E-state index >= 15 is 0 Å². The van der Waals surface area contributed by atoms with Crippen LogP contribution in [0, 0.1) is 0 Å². The summed E-state index contributed by atoms with van der Waals surface area (Å²) in [6.45, 7) is 4.30. The van der Waals surface area contributed by atoms with E-state index in [0.717, 1.165) is 51.4 Å². The molecular weight excluding hydrogens is 762 g/mol. The van der Waals surface area contributed by atoms with Crippen LogP contribution >= 0.6 is 7.82 Å². The second-order valence-corrected chi connectivity index (χ2v) is 18.1. The van der Waals surface area contributed by atoms with E-state index in [1.807, 2.05) is 19.0 Å². The van der Waals surface area contributed by atoms with Crippen LogP contribution < -0.4 is 0 Å². The van der Waals surface area contributed by atoms with Gasteiger partial charge in [0.05, 0.1) is 13.2 Å². The number of ether oxygens (including phenoxy) is 2. The first-order chi connectivity index (χ1) is 28.7. The monoisotopic (exact) mass is 854 g/mol. The quantitative estimate of drug-likeness (QED) is 0.0277. The Kier molecular flexibility index (Phi) is 43.0. The predicted molar refractivity (Wildman–Crippen MR) is 248 cm³/mol. The Morgan fingerprint density at radius 2 is 0.915 bits per heavy atom. The fourth-order valence-electron chi connectivity index (χ4n) is 6.65. The van der Waals surface area contributed by atoms with Crippen LogP contribution in [-0.4, -0.2) is 68.3 Å². The van der Waals surface area contributed by atoms with Crippen molar-refractivity contribution in [2.24, 2.45) is 0 Å². The molecule has 346 valence electrons. The summed E-state index contributed by atoms with van der Waals surface area (Å²) in [7, 11) is -0.715. The molecule has 10 heteroatoms. The van der Waals surface area contributed by atoms with Crippen molar-refractivity contribution in [2.75, 3.05) is 40.5 Å². The van der Waals surface area contributed by atoms with Gasteiger partial charge in [-0.15, -0.1) is 0 Å². The Bertz CT molecular complexity index is 1080. The van der Waals surface area contributed by atoms with Crippen LogP contribution in [0.25, 0.3) is 0 Å². The van der Waals surface area contributed by atoms with Crippen molar-refractivity contribution in [1.29, 1.82) is 0 Å². The second-order valence-electron chi connectivity index (χ2n) is 16.6. The van der Waals surface area contributed by atoms with E-state index in [-0.39, 0.29) is 32.0 Å². The number of phosphoric acid groups is 1. The Morgan fingerprint density at radius 1 is 0.525 bits per heavy atom. The summed E-state index contributed by atoms with van der Waals surface area (Å²) in [4.78, 5) is 37.1. The van der Waals surface area contributed by atoms with E-state index < -0.39 is 26.5 Å². The van der Waals surface area contributed by atoms with Gasteiger partial charge < -0.3 is 19.3 Å². The van der Waals surface area contributed by atoms with Crippen LogP contribution in [0.1, 0.15) is 219 Å². The van der Waals surface area contributed by atoms with E-state index in [0.29, 0.717) is 13.0 Å². The first kappa shape index (κ1) is 57.2. The number of rotatable bonds is 45. The number of allylic oxidation sites excluding steroid dienone is 6. The molecule has 9 nitrogen and oxygen atoms in total. The molecule has 0 aromatic carbocycles. The molecule has 0 saturated heterocycles. The maximum absolute atomic E-state index is 12.7. The van der Waals surface area contributed by atoms with Crippen LogP contribution in [0.5, 0.6) is 0 Å². The maximum atomic E-state index is 12.7. The van der Waals surface area contributed by atoms with Crippen molar-refractivity contribution in [1.82, 2.24) is 4.90 Å². The van der Waals surface area contributed by atoms with Gasteiger partial charge in [-0.25, -0.2) is 4.57 Å². The summed E-state index contributed by atoms with van der Waals surface area (Å²) in [5.41, 5.74) is 0. The van der Waals surface area contributed by atoms with Crippen molar-refractivity contribution in [3.63, 3.8) is 0 Å². The maximum Gasteiger partial charge on any atom is 0.472 e. The molecule has 0 fully saturated rings. The fourth-order valence-corrected chi connectivity index (χ4v) is 7.40. The highest BCUT2D eigenvalue weighted by Crippen LogP contribution is 2.43. The number of hydrogen-bond acceptors (Lipinski definition) is 8. The average Bonchev–Trinajstić information content (AvgIpc) is 3.20. The van der Waals surface area contributed by atoms with Crippen LogP contribution in [0.4, 0.5) is 0 Å². The predicted octanol–water partition coefficient (Wildman–Crippen LogP) is 14.3. The largest absolute Gasteiger partial charge is 0.472 e. The lowest BCUT2D eigenvalue weighted by molar-refractivity contribution is -0.161. The van der Waals surface area contributed by atoms with Crippen LogP contribution in [-0.2, 0) is 32.7 Å². The highest BCUT2D eigenvalue weighted by molar-refractivity contribution is 7.47. The first-order valence-corrected chi connectivity index (χ1v) is 25.8. The third kappa shape index (κ3) is 45.6. The van der Waals surface area contributed by atoms with E-state index in [4.69, 9.17) is 18.5 Å². The van der Waals surface area contributed by atoms with Crippen LogP contribution in [0.15, 0.2) is 36.5 Å². The molecule has 59 heavy (non-hydrogen) atoms. The zero-order chi connectivity index (χ0) is 43.3.